The molecule has 16 heavy (non-hydrogen) atoms. The highest BCUT2D eigenvalue weighted by atomic mass is 32.2. The zero-order valence-corrected chi connectivity index (χ0v) is 9.69. The van der Waals surface area contributed by atoms with Gasteiger partial charge >= 0.3 is 0 Å². The average molecular weight is 236 g/mol. The Labute approximate surface area is 98.8 Å². The van der Waals surface area contributed by atoms with E-state index in [2.05, 4.69) is 11.4 Å². The van der Waals surface area contributed by atoms with Crippen molar-refractivity contribution in [3.63, 3.8) is 0 Å². The molecule has 0 aromatic heterocycles. The van der Waals surface area contributed by atoms with Crippen LogP contribution in [-0.2, 0) is 5.75 Å². The van der Waals surface area contributed by atoms with Gasteiger partial charge < -0.3 is 5.32 Å². The van der Waals surface area contributed by atoms with Crippen LogP contribution in [0.15, 0.2) is 18.2 Å². The van der Waals surface area contributed by atoms with Crippen LogP contribution >= 0.6 is 11.8 Å². The van der Waals surface area contributed by atoms with Crippen LogP contribution < -0.4 is 5.32 Å². The lowest BCUT2D eigenvalue weighted by atomic mass is 10.1. The van der Waals surface area contributed by atoms with Gasteiger partial charge in [0, 0.05) is 5.75 Å². The molecule has 4 heteroatoms. The van der Waals surface area contributed by atoms with Crippen molar-refractivity contribution < 1.29 is 4.39 Å². The molecule has 1 aliphatic rings. The van der Waals surface area contributed by atoms with E-state index in [0.29, 0.717) is 5.56 Å². The number of nitriles is 1. The minimum atomic E-state index is -0.264. The lowest BCUT2D eigenvalue weighted by Crippen LogP contribution is -2.43. The molecule has 0 unspecified atom stereocenters. The van der Waals surface area contributed by atoms with Gasteiger partial charge in [-0.1, -0.05) is 0 Å². The third kappa shape index (κ3) is 2.75. The van der Waals surface area contributed by atoms with Crippen LogP contribution in [0.3, 0.4) is 0 Å². The average Bonchev–Trinajstić information content (AvgIpc) is 2.22. The van der Waals surface area contributed by atoms with E-state index in [1.165, 1.54) is 12.1 Å². The summed E-state index contributed by atoms with van der Waals surface area (Å²) in [4.78, 5) is 0. The smallest absolute Gasteiger partial charge is 0.123 e. The number of rotatable bonds is 4. The number of hydrogen-bond acceptors (Lipinski definition) is 3. The molecular weight excluding hydrogens is 223 g/mol. The monoisotopic (exact) mass is 236 g/mol. The van der Waals surface area contributed by atoms with Gasteiger partial charge in [-0.3, -0.25) is 0 Å². The summed E-state index contributed by atoms with van der Waals surface area (Å²) < 4.78 is 13.0. The molecule has 0 spiro atoms. The summed E-state index contributed by atoms with van der Waals surface area (Å²) in [5.74, 6) is 2.27. The van der Waals surface area contributed by atoms with Crippen molar-refractivity contribution in [1.82, 2.24) is 5.32 Å². The second-order valence-corrected chi connectivity index (χ2v) is 4.98. The van der Waals surface area contributed by atoms with Gasteiger partial charge in [-0.15, -0.1) is 0 Å². The molecule has 1 fully saturated rings. The summed E-state index contributed by atoms with van der Waals surface area (Å²) in [6.45, 7) is 2.17. The molecule has 84 valence electrons. The van der Waals surface area contributed by atoms with Gasteiger partial charge in [0.1, 0.15) is 5.82 Å². The first-order valence-corrected chi connectivity index (χ1v) is 6.42. The van der Waals surface area contributed by atoms with E-state index < -0.39 is 0 Å². The normalized spacial score (nSPS) is 15.5. The molecule has 1 saturated heterocycles. The Morgan fingerprint density at radius 1 is 1.50 bits per heavy atom. The fourth-order valence-corrected chi connectivity index (χ4v) is 2.74. The number of thioether (sulfide) groups is 1. The van der Waals surface area contributed by atoms with Crippen LogP contribution in [0.2, 0.25) is 0 Å². The lowest BCUT2D eigenvalue weighted by Gasteiger charge is -2.26. The standard InChI is InChI=1S/C12H13FN2S/c13-12-2-1-10(4-14)11(3-12)8-16-7-9-5-15-6-9/h1-3,9,15H,5-8H2. The van der Waals surface area contributed by atoms with Crippen molar-refractivity contribution in [2.45, 2.75) is 5.75 Å². The number of benzene rings is 1. The molecule has 1 aliphatic heterocycles. The number of nitrogens with zero attached hydrogens (tertiary/aromatic N) is 1. The molecule has 1 aromatic rings. The van der Waals surface area contributed by atoms with Gasteiger partial charge in [0.15, 0.2) is 0 Å². The van der Waals surface area contributed by atoms with E-state index in [-0.39, 0.29) is 5.82 Å². The first-order chi connectivity index (χ1) is 7.79. The SMILES string of the molecule is N#Cc1ccc(F)cc1CSCC1CNC1. The van der Waals surface area contributed by atoms with Crippen LogP contribution in [0.4, 0.5) is 4.39 Å². The molecular formula is C12H13FN2S. The highest BCUT2D eigenvalue weighted by Gasteiger charge is 2.16. The van der Waals surface area contributed by atoms with Gasteiger partial charge in [0.25, 0.3) is 0 Å². The van der Waals surface area contributed by atoms with E-state index >= 15 is 0 Å². The molecule has 1 N–H and O–H groups in total. The first kappa shape index (κ1) is 11.4. The van der Waals surface area contributed by atoms with E-state index in [1.807, 2.05) is 0 Å². The highest BCUT2D eigenvalue weighted by Crippen LogP contribution is 2.20. The van der Waals surface area contributed by atoms with E-state index in [4.69, 9.17) is 5.26 Å². The second kappa shape index (κ2) is 5.33. The lowest BCUT2D eigenvalue weighted by molar-refractivity contribution is 0.385. The third-order valence-electron chi connectivity index (χ3n) is 2.66. The Balaban J connectivity index is 1.91. The number of hydrogen-bond donors (Lipinski definition) is 1. The maximum absolute atomic E-state index is 13.0. The summed E-state index contributed by atoms with van der Waals surface area (Å²) >= 11 is 1.77. The summed E-state index contributed by atoms with van der Waals surface area (Å²) in [5.41, 5.74) is 1.39. The van der Waals surface area contributed by atoms with Crippen molar-refractivity contribution in [2.75, 3.05) is 18.8 Å². The third-order valence-corrected chi connectivity index (χ3v) is 3.89. The molecule has 0 amide bonds. The van der Waals surface area contributed by atoms with Crippen molar-refractivity contribution in [1.29, 1.82) is 5.26 Å². The van der Waals surface area contributed by atoms with Crippen LogP contribution in [0.1, 0.15) is 11.1 Å². The van der Waals surface area contributed by atoms with Crippen molar-refractivity contribution in [2.24, 2.45) is 5.92 Å². The molecule has 1 heterocycles. The molecule has 0 aliphatic carbocycles. The van der Waals surface area contributed by atoms with Gasteiger partial charge in [0.05, 0.1) is 11.6 Å². The topological polar surface area (TPSA) is 35.8 Å². The number of halogens is 1. The fraction of sp³-hybridized carbons (Fsp3) is 0.417. The summed E-state index contributed by atoms with van der Waals surface area (Å²) in [6.07, 6.45) is 0. The van der Waals surface area contributed by atoms with Crippen LogP contribution in [0, 0.1) is 23.1 Å². The van der Waals surface area contributed by atoms with Crippen molar-refractivity contribution >= 4 is 11.8 Å². The van der Waals surface area contributed by atoms with Gasteiger partial charge in [0.2, 0.25) is 0 Å². The predicted octanol–water partition coefficient (Wildman–Crippen LogP) is 2.15. The second-order valence-electron chi connectivity index (χ2n) is 3.95. The van der Waals surface area contributed by atoms with Gasteiger partial charge in [-0.25, -0.2) is 4.39 Å². The minimum absolute atomic E-state index is 0.264. The zero-order valence-electron chi connectivity index (χ0n) is 8.87. The maximum atomic E-state index is 13.0. The Morgan fingerprint density at radius 2 is 2.31 bits per heavy atom. The quantitative estimate of drug-likeness (QED) is 0.870. The molecule has 0 radical (unpaired) electrons. The Kier molecular flexibility index (Phi) is 3.81. The Bertz CT molecular complexity index is 410. The Hall–Kier alpha value is -1.05. The minimum Gasteiger partial charge on any atom is -0.316 e. The maximum Gasteiger partial charge on any atom is 0.123 e. The number of nitrogens with one attached hydrogen (secondary N) is 1. The molecule has 0 saturated carbocycles. The Morgan fingerprint density at radius 3 is 2.94 bits per heavy atom. The van der Waals surface area contributed by atoms with Crippen LogP contribution in [0.25, 0.3) is 0 Å². The summed E-state index contributed by atoms with van der Waals surface area (Å²) in [6, 6.07) is 6.45. The predicted molar refractivity (Wildman–Crippen MR) is 63.6 cm³/mol. The highest BCUT2D eigenvalue weighted by molar-refractivity contribution is 7.98. The summed E-state index contributed by atoms with van der Waals surface area (Å²) in [5, 5.41) is 12.1. The van der Waals surface area contributed by atoms with Crippen molar-refractivity contribution in [3.8, 4) is 6.07 Å². The molecule has 0 atom stereocenters. The zero-order chi connectivity index (χ0) is 11.4. The first-order valence-electron chi connectivity index (χ1n) is 5.26. The summed E-state index contributed by atoms with van der Waals surface area (Å²) in [7, 11) is 0. The molecule has 2 rings (SSSR count). The van der Waals surface area contributed by atoms with Gasteiger partial charge in [-0.05, 0) is 48.5 Å². The molecule has 1 aromatic carbocycles. The molecule has 2 nitrogen and oxygen atoms in total. The molecule has 0 bridgehead atoms. The largest absolute Gasteiger partial charge is 0.316 e. The van der Waals surface area contributed by atoms with Gasteiger partial charge in [-0.2, -0.15) is 17.0 Å². The van der Waals surface area contributed by atoms with E-state index in [1.54, 1.807) is 17.8 Å². The van der Waals surface area contributed by atoms with Crippen LogP contribution in [-0.4, -0.2) is 18.8 Å². The fourth-order valence-electron chi connectivity index (χ4n) is 1.59. The van der Waals surface area contributed by atoms with E-state index in [0.717, 1.165) is 36.1 Å². The van der Waals surface area contributed by atoms with Crippen LogP contribution in [0.5, 0.6) is 0 Å². The van der Waals surface area contributed by atoms with Crippen molar-refractivity contribution in [3.05, 3.63) is 35.1 Å². The van der Waals surface area contributed by atoms with E-state index in [9.17, 15) is 4.39 Å².